The Labute approximate surface area is 191 Å². The number of aryl methyl sites for hydroxylation is 1. The van der Waals surface area contributed by atoms with Crippen LogP contribution in [0.3, 0.4) is 0 Å². The zero-order chi connectivity index (χ0) is 22.9. The van der Waals surface area contributed by atoms with Crippen LogP contribution in [-0.4, -0.2) is 27.6 Å². The number of ether oxygens (including phenoxy) is 1. The van der Waals surface area contributed by atoms with E-state index < -0.39 is 0 Å². The maximum Gasteiger partial charge on any atom is 0.255 e. The molecule has 0 fully saturated rings. The molecule has 5 aromatic rings. The van der Waals surface area contributed by atoms with E-state index in [1.165, 1.54) is 0 Å². The molecule has 5 rings (SSSR count). The van der Waals surface area contributed by atoms with Crippen molar-refractivity contribution >= 4 is 22.3 Å². The van der Waals surface area contributed by atoms with Gasteiger partial charge in [0.15, 0.2) is 5.65 Å². The van der Waals surface area contributed by atoms with Crippen molar-refractivity contribution in [2.75, 3.05) is 7.11 Å². The molecule has 0 spiro atoms. The second-order valence-electron chi connectivity index (χ2n) is 8.04. The Morgan fingerprint density at radius 1 is 1.00 bits per heavy atom. The maximum atomic E-state index is 13.2. The number of nitrogens with one attached hydrogen (secondary N) is 1. The van der Waals surface area contributed by atoms with Crippen LogP contribution in [0, 0.1) is 6.92 Å². The number of hydrogen-bond donors (Lipinski definition) is 1. The van der Waals surface area contributed by atoms with Gasteiger partial charge in [0.2, 0.25) is 0 Å². The first kappa shape index (κ1) is 20.7. The predicted molar refractivity (Wildman–Crippen MR) is 130 cm³/mol. The number of carbonyl (C=O) groups excluding carboxylic acids is 1. The topological polar surface area (TPSA) is 68.5 Å². The summed E-state index contributed by atoms with van der Waals surface area (Å²) in [6, 6.07) is 21.9. The fraction of sp³-hybridized carbons (Fsp3) is 0.148. The average molecular weight is 437 g/mol. The van der Waals surface area contributed by atoms with Crippen LogP contribution in [0.25, 0.3) is 27.5 Å². The number of benzene rings is 3. The van der Waals surface area contributed by atoms with E-state index in [0.29, 0.717) is 11.2 Å². The van der Waals surface area contributed by atoms with Gasteiger partial charge in [0, 0.05) is 11.8 Å². The highest BCUT2D eigenvalue weighted by Gasteiger charge is 2.19. The van der Waals surface area contributed by atoms with Gasteiger partial charge < -0.3 is 10.1 Å². The van der Waals surface area contributed by atoms with Crippen molar-refractivity contribution in [1.29, 1.82) is 0 Å². The summed E-state index contributed by atoms with van der Waals surface area (Å²) in [5.41, 5.74) is 4.91. The normalized spacial score (nSPS) is 12.1. The SMILES string of the molecule is COc1ccc(-c2cnn3c(C)c(C(=O)N[C@H](C)c4cccc5ccccc45)cnc23)cc1. The molecule has 164 valence electrons. The molecule has 1 amide bonds. The van der Waals surface area contributed by atoms with E-state index in [9.17, 15) is 4.79 Å². The molecule has 0 saturated carbocycles. The quantitative estimate of drug-likeness (QED) is 0.403. The molecule has 1 atom stereocenters. The minimum absolute atomic E-state index is 0.161. The Balaban J connectivity index is 1.44. The average Bonchev–Trinajstić information content (AvgIpc) is 3.29. The van der Waals surface area contributed by atoms with E-state index in [2.05, 4.69) is 39.7 Å². The van der Waals surface area contributed by atoms with Crippen molar-refractivity contribution in [2.24, 2.45) is 0 Å². The van der Waals surface area contributed by atoms with Gasteiger partial charge >= 0.3 is 0 Å². The number of carbonyl (C=O) groups is 1. The summed E-state index contributed by atoms with van der Waals surface area (Å²) in [5, 5.41) is 9.91. The van der Waals surface area contributed by atoms with Gasteiger partial charge in [-0.3, -0.25) is 4.79 Å². The Morgan fingerprint density at radius 3 is 2.55 bits per heavy atom. The number of amides is 1. The van der Waals surface area contributed by atoms with Crippen molar-refractivity contribution in [3.05, 3.63) is 95.9 Å². The van der Waals surface area contributed by atoms with Gasteiger partial charge in [0.1, 0.15) is 5.75 Å². The largest absolute Gasteiger partial charge is 0.497 e. The number of aromatic nitrogens is 3. The minimum Gasteiger partial charge on any atom is -0.497 e. The van der Waals surface area contributed by atoms with Gasteiger partial charge in [-0.15, -0.1) is 0 Å². The fourth-order valence-electron chi connectivity index (χ4n) is 4.22. The zero-order valence-corrected chi connectivity index (χ0v) is 18.7. The van der Waals surface area contributed by atoms with E-state index in [-0.39, 0.29) is 11.9 Å². The smallest absolute Gasteiger partial charge is 0.255 e. The van der Waals surface area contributed by atoms with E-state index >= 15 is 0 Å². The maximum absolute atomic E-state index is 13.2. The molecule has 6 heteroatoms. The molecule has 2 aromatic heterocycles. The summed E-state index contributed by atoms with van der Waals surface area (Å²) < 4.78 is 6.96. The molecule has 6 nitrogen and oxygen atoms in total. The number of hydrogen-bond acceptors (Lipinski definition) is 4. The lowest BCUT2D eigenvalue weighted by Gasteiger charge is -2.17. The van der Waals surface area contributed by atoms with Crippen molar-refractivity contribution in [3.8, 4) is 16.9 Å². The summed E-state index contributed by atoms with van der Waals surface area (Å²) in [5.74, 6) is 0.613. The van der Waals surface area contributed by atoms with Gasteiger partial charge in [-0.2, -0.15) is 5.10 Å². The molecule has 0 radical (unpaired) electrons. The summed E-state index contributed by atoms with van der Waals surface area (Å²) in [6.45, 7) is 3.88. The lowest BCUT2D eigenvalue weighted by atomic mass is 9.99. The number of fused-ring (bicyclic) bond motifs is 2. The van der Waals surface area contributed by atoms with Crippen LogP contribution in [0.15, 0.2) is 79.1 Å². The van der Waals surface area contributed by atoms with E-state index in [1.54, 1.807) is 24.0 Å². The Bertz CT molecular complexity index is 1470. The van der Waals surface area contributed by atoms with Gasteiger partial charge in [-0.1, -0.05) is 54.6 Å². The number of nitrogens with zero attached hydrogens (tertiary/aromatic N) is 3. The van der Waals surface area contributed by atoms with Crippen LogP contribution in [0.2, 0.25) is 0 Å². The monoisotopic (exact) mass is 436 g/mol. The lowest BCUT2D eigenvalue weighted by molar-refractivity contribution is 0.0938. The predicted octanol–water partition coefficient (Wildman–Crippen LogP) is 5.36. The van der Waals surface area contributed by atoms with E-state index in [0.717, 1.165) is 38.9 Å². The molecule has 3 aromatic carbocycles. The highest BCUT2D eigenvalue weighted by molar-refractivity contribution is 5.96. The highest BCUT2D eigenvalue weighted by atomic mass is 16.5. The van der Waals surface area contributed by atoms with Crippen LogP contribution in [0.4, 0.5) is 0 Å². The zero-order valence-electron chi connectivity index (χ0n) is 18.7. The summed E-state index contributed by atoms with van der Waals surface area (Å²) in [4.78, 5) is 17.8. The molecular weight excluding hydrogens is 412 g/mol. The van der Waals surface area contributed by atoms with Crippen LogP contribution in [0.5, 0.6) is 5.75 Å². The first-order valence-electron chi connectivity index (χ1n) is 10.8. The van der Waals surface area contributed by atoms with Crippen LogP contribution >= 0.6 is 0 Å². The Hall–Kier alpha value is -4.19. The fourth-order valence-corrected chi connectivity index (χ4v) is 4.22. The molecule has 33 heavy (non-hydrogen) atoms. The molecule has 0 aliphatic carbocycles. The van der Waals surface area contributed by atoms with Crippen LogP contribution in [0.1, 0.15) is 34.6 Å². The molecule has 0 bridgehead atoms. The van der Waals surface area contributed by atoms with Crippen molar-refractivity contribution in [1.82, 2.24) is 19.9 Å². The van der Waals surface area contributed by atoms with E-state index in [1.807, 2.05) is 56.3 Å². The van der Waals surface area contributed by atoms with Gasteiger partial charge in [0.25, 0.3) is 5.91 Å². The Morgan fingerprint density at radius 2 is 1.76 bits per heavy atom. The number of methoxy groups -OCH3 is 1. The first-order valence-corrected chi connectivity index (χ1v) is 10.8. The molecule has 0 aliphatic rings. The molecule has 0 saturated heterocycles. The van der Waals surface area contributed by atoms with Crippen LogP contribution < -0.4 is 10.1 Å². The summed E-state index contributed by atoms with van der Waals surface area (Å²) >= 11 is 0. The third-order valence-corrected chi connectivity index (χ3v) is 6.05. The Kier molecular flexibility index (Phi) is 5.26. The van der Waals surface area contributed by atoms with Crippen molar-refractivity contribution in [2.45, 2.75) is 19.9 Å². The number of rotatable bonds is 5. The molecule has 1 N–H and O–H groups in total. The summed E-state index contributed by atoms with van der Waals surface area (Å²) in [7, 11) is 1.64. The lowest BCUT2D eigenvalue weighted by Crippen LogP contribution is -2.28. The molecule has 0 unspecified atom stereocenters. The minimum atomic E-state index is -0.177. The third-order valence-electron chi connectivity index (χ3n) is 6.05. The molecule has 0 aliphatic heterocycles. The second kappa shape index (κ2) is 8.39. The highest BCUT2D eigenvalue weighted by Crippen LogP contribution is 2.27. The standard InChI is InChI=1S/C27H24N4O2/c1-17(22-10-6-8-19-7-4-5-9-23(19)22)30-27(32)24-15-28-26-25(16-29-31(26)18(24)2)20-11-13-21(33-3)14-12-20/h4-17H,1-3H3,(H,30,32)/t17-/m1/s1. The van der Waals surface area contributed by atoms with Gasteiger partial charge in [0.05, 0.1) is 30.6 Å². The first-order chi connectivity index (χ1) is 16.1. The summed E-state index contributed by atoms with van der Waals surface area (Å²) in [6.07, 6.45) is 3.40. The van der Waals surface area contributed by atoms with Gasteiger partial charge in [-0.05, 0) is 47.9 Å². The van der Waals surface area contributed by atoms with Crippen molar-refractivity contribution < 1.29 is 9.53 Å². The van der Waals surface area contributed by atoms with Crippen molar-refractivity contribution in [3.63, 3.8) is 0 Å². The molecular formula is C27H24N4O2. The van der Waals surface area contributed by atoms with Crippen LogP contribution in [-0.2, 0) is 0 Å². The van der Waals surface area contributed by atoms with E-state index in [4.69, 9.17) is 4.74 Å². The third kappa shape index (κ3) is 3.69. The molecule has 2 heterocycles. The van der Waals surface area contributed by atoms with Gasteiger partial charge in [-0.25, -0.2) is 9.50 Å². The second-order valence-corrected chi connectivity index (χ2v) is 8.04.